The lowest BCUT2D eigenvalue weighted by atomic mass is 10.1. The number of ketones is 1. The Kier molecular flexibility index (Phi) is 3.00. The third kappa shape index (κ3) is 2.11. The standard InChI is InChI=1S/C10H6F3NOS/c11-5-1-2-6-7(3-5)16-10(9(6)15)14-4-8(12)13/h1-3,8H,4H2/b14-10-. The molecule has 0 fully saturated rings. The summed E-state index contributed by atoms with van der Waals surface area (Å²) in [5, 5.41) is 0.000833. The first-order valence-corrected chi connectivity index (χ1v) is 5.24. The van der Waals surface area contributed by atoms with Crippen LogP contribution in [0, 0.1) is 5.82 Å². The number of nitrogens with zero attached hydrogens (tertiary/aromatic N) is 1. The predicted molar refractivity (Wildman–Crippen MR) is 54.9 cm³/mol. The molecule has 1 heterocycles. The second-order valence-electron chi connectivity index (χ2n) is 3.11. The predicted octanol–water partition coefficient (Wildman–Crippen LogP) is 2.78. The van der Waals surface area contributed by atoms with Gasteiger partial charge in [0.05, 0.1) is 0 Å². The zero-order chi connectivity index (χ0) is 11.7. The highest BCUT2D eigenvalue weighted by Crippen LogP contribution is 2.33. The summed E-state index contributed by atoms with van der Waals surface area (Å²) in [5.41, 5.74) is 0.319. The number of Topliss-reactive ketones (excluding diaryl/α,β-unsaturated/α-hetero) is 1. The van der Waals surface area contributed by atoms with E-state index in [2.05, 4.69) is 4.99 Å². The molecule has 2 rings (SSSR count). The molecule has 0 amide bonds. The Balaban J connectivity index is 2.27. The van der Waals surface area contributed by atoms with E-state index in [1.165, 1.54) is 12.1 Å². The summed E-state index contributed by atoms with van der Waals surface area (Å²) in [7, 11) is 0. The van der Waals surface area contributed by atoms with Gasteiger partial charge in [0, 0.05) is 10.5 Å². The lowest BCUT2D eigenvalue weighted by Gasteiger charge is -1.93. The van der Waals surface area contributed by atoms with E-state index >= 15 is 0 Å². The molecule has 2 nitrogen and oxygen atoms in total. The Morgan fingerprint density at radius 2 is 2.12 bits per heavy atom. The molecule has 6 heteroatoms. The molecule has 84 valence electrons. The van der Waals surface area contributed by atoms with Crippen LogP contribution < -0.4 is 0 Å². The SMILES string of the molecule is O=C1/C(=N/CC(F)F)Sc2cc(F)ccc21. The van der Waals surface area contributed by atoms with Gasteiger partial charge in [0.2, 0.25) is 5.78 Å². The molecule has 16 heavy (non-hydrogen) atoms. The van der Waals surface area contributed by atoms with Gasteiger partial charge in [0.1, 0.15) is 17.4 Å². The number of carbonyl (C=O) groups is 1. The Morgan fingerprint density at radius 3 is 2.81 bits per heavy atom. The number of thioether (sulfide) groups is 1. The van der Waals surface area contributed by atoms with Crippen LogP contribution in [0.5, 0.6) is 0 Å². The van der Waals surface area contributed by atoms with Crippen molar-refractivity contribution in [1.82, 2.24) is 0 Å². The van der Waals surface area contributed by atoms with Crippen molar-refractivity contribution in [3.63, 3.8) is 0 Å². The summed E-state index contributed by atoms with van der Waals surface area (Å²) in [5.74, 6) is -0.880. The van der Waals surface area contributed by atoms with Crippen molar-refractivity contribution in [2.75, 3.05) is 6.54 Å². The minimum Gasteiger partial charge on any atom is -0.286 e. The van der Waals surface area contributed by atoms with E-state index in [0.717, 1.165) is 17.8 Å². The fourth-order valence-corrected chi connectivity index (χ4v) is 2.28. The van der Waals surface area contributed by atoms with Crippen molar-refractivity contribution in [3.8, 4) is 0 Å². The van der Waals surface area contributed by atoms with Gasteiger partial charge in [-0.25, -0.2) is 13.2 Å². The maximum absolute atomic E-state index is 12.8. The normalized spacial score (nSPS) is 17.2. The number of fused-ring (bicyclic) bond motifs is 1. The van der Waals surface area contributed by atoms with Crippen LogP contribution in [0.4, 0.5) is 13.2 Å². The van der Waals surface area contributed by atoms with Crippen molar-refractivity contribution in [3.05, 3.63) is 29.6 Å². The van der Waals surface area contributed by atoms with Crippen LogP contribution in [0.1, 0.15) is 10.4 Å². The monoisotopic (exact) mass is 245 g/mol. The Hall–Kier alpha value is -1.30. The molecule has 1 aromatic carbocycles. The summed E-state index contributed by atoms with van der Waals surface area (Å²) >= 11 is 0.928. The summed E-state index contributed by atoms with van der Waals surface area (Å²) < 4.78 is 36.7. The van der Waals surface area contributed by atoms with Gasteiger partial charge in [-0.1, -0.05) is 11.8 Å². The number of carbonyl (C=O) groups excluding carboxylic acids is 1. The van der Waals surface area contributed by atoms with Gasteiger partial charge in [-0.15, -0.1) is 0 Å². The zero-order valence-corrected chi connectivity index (χ0v) is 8.73. The van der Waals surface area contributed by atoms with Gasteiger partial charge in [0.25, 0.3) is 6.43 Å². The number of aliphatic imine (C=N–C) groups is 1. The Morgan fingerprint density at radius 1 is 1.38 bits per heavy atom. The number of rotatable bonds is 2. The molecule has 0 unspecified atom stereocenters. The molecule has 0 bridgehead atoms. The van der Waals surface area contributed by atoms with Crippen molar-refractivity contribution < 1.29 is 18.0 Å². The number of hydrogen-bond acceptors (Lipinski definition) is 3. The highest BCUT2D eigenvalue weighted by atomic mass is 32.2. The maximum Gasteiger partial charge on any atom is 0.257 e. The molecule has 0 spiro atoms. The van der Waals surface area contributed by atoms with E-state index in [0.29, 0.717) is 10.5 Å². The Labute approximate surface area is 93.6 Å². The summed E-state index contributed by atoms with van der Waals surface area (Å²) in [6, 6.07) is 3.70. The van der Waals surface area contributed by atoms with Crippen molar-refractivity contribution in [2.24, 2.45) is 4.99 Å². The van der Waals surface area contributed by atoms with Crippen LogP contribution in [0.15, 0.2) is 28.1 Å². The first kappa shape index (κ1) is 11.2. The maximum atomic E-state index is 12.8. The molecule has 1 aromatic rings. The zero-order valence-electron chi connectivity index (χ0n) is 7.91. The van der Waals surface area contributed by atoms with Crippen LogP contribution in [0.3, 0.4) is 0 Å². The van der Waals surface area contributed by atoms with E-state index in [1.54, 1.807) is 0 Å². The van der Waals surface area contributed by atoms with E-state index in [9.17, 15) is 18.0 Å². The highest BCUT2D eigenvalue weighted by molar-refractivity contribution is 8.16. The molecule has 1 aliphatic rings. The van der Waals surface area contributed by atoms with Crippen LogP contribution >= 0.6 is 11.8 Å². The first-order valence-electron chi connectivity index (χ1n) is 4.42. The second kappa shape index (κ2) is 4.29. The largest absolute Gasteiger partial charge is 0.286 e. The Bertz CT molecular complexity index is 473. The van der Waals surface area contributed by atoms with Crippen LogP contribution in [0.2, 0.25) is 0 Å². The first-order chi connectivity index (χ1) is 7.58. The molecule has 0 radical (unpaired) electrons. The number of benzene rings is 1. The quantitative estimate of drug-likeness (QED) is 0.801. The average Bonchev–Trinajstić information content (AvgIpc) is 2.52. The summed E-state index contributed by atoms with van der Waals surface area (Å²) in [6.45, 7) is -0.704. The van der Waals surface area contributed by atoms with Crippen LogP contribution in [-0.2, 0) is 0 Å². The van der Waals surface area contributed by atoms with E-state index in [-0.39, 0.29) is 5.04 Å². The second-order valence-corrected chi connectivity index (χ2v) is 4.14. The molecular weight excluding hydrogens is 239 g/mol. The van der Waals surface area contributed by atoms with Gasteiger partial charge < -0.3 is 0 Å². The molecule has 0 saturated heterocycles. The van der Waals surface area contributed by atoms with Crippen LogP contribution in [-0.4, -0.2) is 23.8 Å². The van der Waals surface area contributed by atoms with Gasteiger partial charge in [-0.05, 0) is 18.2 Å². The van der Waals surface area contributed by atoms with Crippen molar-refractivity contribution in [1.29, 1.82) is 0 Å². The lowest BCUT2D eigenvalue weighted by molar-refractivity contribution is 0.106. The minimum absolute atomic E-state index is 0.000833. The fourth-order valence-electron chi connectivity index (χ4n) is 1.29. The third-order valence-corrected chi connectivity index (χ3v) is 3.03. The number of halogens is 3. The minimum atomic E-state index is -2.58. The molecule has 0 atom stereocenters. The fraction of sp³-hybridized carbons (Fsp3) is 0.200. The van der Waals surface area contributed by atoms with E-state index in [4.69, 9.17) is 0 Å². The lowest BCUT2D eigenvalue weighted by Crippen LogP contribution is -2.07. The van der Waals surface area contributed by atoms with Gasteiger partial charge in [-0.2, -0.15) is 0 Å². The molecule has 0 aromatic heterocycles. The molecule has 0 aliphatic carbocycles. The molecule has 0 N–H and O–H groups in total. The summed E-state index contributed by atoms with van der Waals surface area (Å²) in [4.78, 5) is 15.5. The smallest absolute Gasteiger partial charge is 0.257 e. The van der Waals surface area contributed by atoms with Crippen molar-refractivity contribution in [2.45, 2.75) is 11.3 Å². The van der Waals surface area contributed by atoms with Crippen molar-refractivity contribution >= 4 is 22.6 Å². The van der Waals surface area contributed by atoms with E-state index in [1.807, 2.05) is 0 Å². The van der Waals surface area contributed by atoms with E-state index < -0.39 is 24.6 Å². The van der Waals surface area contributed by atoms with Gasteiger partial charge in [-0.3, -0.25) is 9.79 Å². The van der Waals surface area contributed by atoms with Crippen LogP contribution in [0.25, 0.3) is 0 Å². The average molecular weight is 245 g/mol. The molecular formula is C10H6F3NOS. The van der Waals surface area contributed by atoms with Gasteiger partial charge in [0.15, 0.2) is 0 Å². The summed E-state index contributed by atoms with van der Waals surface area (Å²) in [6.07, 6.45) is -2.58. The topological polar surface area (TPSA) is 29.4 Å². The molecule has 0 saturated carbocycles. The van der Waals surface area contributed by atoms with Gasteiger partial charge >= 0.3 is 0 Å². The number of alkyl halides is 2. The number of hydrogen-bond donors (Lipinski definition) is 0. The molecule has 1 aliphatic heterocycles. The third-order valence-electron chi connectivity index (χ3n) is 1.96. The highest BCUT2D eigenvalue weighted by Gasteiger charge is 2.27.